The van der Waals surface area contributed by atoms with Crippen molar-refractivity contribution in [3.8, 4) is 0 Å². The second-order valence-electron chi connectivity index (χ2n) is 4.52. The number of thioether (sulfide) groups is 1. The van der Waals surface area contributed by atoms with E-state index in [1.807, 2.05) is 0 Å². The van der Waals surface area contributed by atoms with E-state index in [2.05, 4.69) is 15.3 Å². The van der Waals surface area contributed by atoms with Crippen LogP contribution in [0.3, 0.4) is 0 Å². The maximum absolute atomic E-state index is 12.9. The maximum Gasteiger partial charge on any atom is 0.451 e. The zero-order valence-electron chi connectivity index (χ0n) is 11.9. The van der Waals surface area contributed by atoms with Crippen LogP contribution in [0.4, 0.5) is 13.2 Å². The van der Waals surface area contributed by atoms with E-state index in [-0.39, 0.29) is 16.4 Å². The summed E-state index contributed by atoms with van der Waals surface area (Å²) < 4.78 is 38.7. The monoisotopic (exact) mass is 329 g/mol. The highest BCUT2D eigenvalue weighted by Gasteiger charge is 2.35. The number of carbonyl (C=O) groups is 1. The molecule has 0 bridgehead atoms. The normalized spacial score (nSPS) is 13.1. The van der Waals surface area contributed by atoms with Crippen LogP contribution in [-0.4, -0.2) is 27.7 Å². The van der Waals surface area contributed by atoms with Gasteiger partial charge in [-0.25, -0.2) is 9.97 Å². The van der Waals surface area contributed by atoms with Gasteiger partial charge in [0.1, 0.15) is 5.03 Å². The predicted molar refractivity (Wildman–Crippen MR) is 78.5 cm³/mol. The Morgan fingerprint density at radius 2 is 2.00 bits per heavy atom. The molecule has 1 amide bonds. The third-order valence-electron chi connectivity index (χ3n) is 2.83. The molecule has 1 aromatic heterocycles. The Kier molecular flexibility index (Phi) is 4.90. The van der Waals surface area contributed by atoms with Crippen LogP contribution in [0.5, 0.6) is 0 Å². The first-order valence-electron chi connectivity index (χ1n) is 6.61. The number of rotatable bonds is 4. The van der Waals surface area contributed by atoms with Gasteiger partial charge in [0.25, 0.3) is 0 Å². The van der Waals surface area contributed by atoms with Gasteiger partial charge in [-0.1, -0.05) is 30.0 Å². The van der Waals surface area contributed by atoms with E-state index in [0.29, 0.717) is 11.9 Å². The number of hydrogen-bond donors (Lipinski definition) is 1. The van der Waals surface area contributed by atoms with E-state index in [4.69, 9.17) is 0 Å². The summed E-state index contributed by atoms with van der Waals surface area (Å²) in [7, 11) is 0. The number of nitrogens with one attached hydrogen (secondary N) is 1. The van der Waals surface area contributed by atoms with Crippen molar-refractivity contribution in [1.29, 1.82) is 0 Å². The number of hydrogen-bond acceptors (Lipinski definition) is 4. The van der Waals surface area contributed by atoms with E-state index in [1.54, 1.807) is 32.0 Å². The molecule has 0 unspecified atom stereocenters. The number of halogens is 3. The number of amides is 1. The molecule has 4 nitrogen and oxygen atoms in total. The largest absolute Gasteiger partial charge is 0.451 e. The summed E-state index contributed by atoms with van der Waals surface area (Å²) >= 11 is 0.988. The lowest BCUT2D eigenvalue weighted by atomic mass is 10.2. The molecule has 118 valence electrons. The van der Waals surface area contributed by atoms with Gasteiger partial charge in [-0.2, -0.15) is 13.2 Å². The van der Waals surface area contributed by atoms with Crippen LogP contribution in [0.15, 0.2) is 29.3 Å². The zero-order chi connectivity index (χ0) is 16.3. The quantitative estimate of drug-likeness (QED) is 0.691. The molecule has 22 heavy (non-hydrogen) atoms. The minimum atomic E-state index is -4.63. The molecule has 0 spiro atoms. The first-order valence-corrected chi connectivity index (χ1v) is 7.49. The first kappa shape index (κ1) is 16.5. The molecule has 0 saturated heterocycles. The van der Waals surface area contributed by atoms with Gasteiger partial charge in [0.15, 0.2) is 0 Å². The minimum absolute atomic E-state index is 0.150. The van der Waals surface area contributed by atoms with Crippen molar-refractivity contribution in [3.63, 3.8) is 0 Å². The summed E-state index contributed by atoms with van der Waals surface area (Å²) in [4.78, 5) is 18.9. The molecule has 0 radical (unpaired) electrons. The topological polar surface area (TPSA) is 54.9 Å². The zero-order valence-corrected chi connectivity index (χ0v) is 12.8. The third-order valence-corrected chi connectivity index (χ3v) is 3.93. The van der Waals surface area contributed by atoms with Crippen molar-refractivity contribution in [2.45, 2.75) is 30.3 Å². The standard InChI is InChI=1S/C14H14F3N3OS/c1-3-18-11(21)8(2)22-12-9-6-4-5-7-10(9)19-13(20-12)14(15,16)17/h4-8H,3H2,1-2H3,(H,18,21)/t8-/m1/s1. The molecule has 2 aromatic rings. The maximum atomic E-state index is 12.9. The molecule has 0 aliphatic carbocycles. The number of aromatic nitrogens is 2. The van der Waals surface area contributed by atoms with E-state index < -0.39 is 17.3 Å². The Morgan fingerprint density at radius 3 is 2.64 bits per heavy atom. The number of nitrogens with zero attached hydrogens (tertiary/aromatic N) is 2. The van der Waals surface area contributed by atoms with Gasteiger partial charge >= 0.3 is 6.18 Å². The van der Waals surface area contributed by atoms with E-state index in [1.165, 1.54) is 6.07 Å². The van der Waals surface area contributed by atoms with Crippen molar-refractivity contribution in [2.75, 3.05) is 6.54 Å². The summed E-state index contributed by atoms with van der Waals surface area (Å²) in [6.45, 7) is 3.86. The van der Waals surface area contributed by atoms with Gasteiger partial charge in [0.05, 0.1) is 10.8 Å². The van der Waals surface area contributed by atoms with Gasteiger partial charge in [0, 0.05) is 11.9 Å². The second kappa shape index (κ2) is 6.51. The van der Waals surface area contributed by atoms with Gasteiger partial charge in [-0.15, -0.1) is 0 Å². The molecule has 0 saturated carbocycles. The molecule has 0 fully saturated rings. The smallest absolute Gasteiger partial charge is 0.355 e. The fourth-order valence-corrected chi connectivity index (χ4v) is 2.77. The van der Waals surface area contributed by atoms with Crippen molar-refractivity contribution in [1.82, 2.24) is 15.3 Å². The molecular formula is C14H14F3N3OS. The average molecular weight is 329 g/mol. The number of carbonyl (C=O) groups excluding carboxylic acids is 1. The highest BCUT2D eigenvalue weighted by molar-refractivity contribution is 8.00. The number of alkyl halides is 3. The summed E-state index contributed by atoms with van der Waals surface area (Å²) in [5.74, 6) is -1.44. The van der Waals surface area contributed by atoms with Crippen LogP contribution < -0.4 is 5.32 Å². The van der Waals surface area contributed by atoms with Gasteiger partial charge in [-0.05, 0) is 19.9 Å². The Morgan fingerprint density at radius 1 is 1.32 bits per heavy atom. The summed E-state index contributed by atoms with van der Waals surface area (Å²) in [5, 5.41) is 2.72. The van der Waals surface area contributed by atoms with E-state index in [0.717, 1.165) is 11.8 Å². The van der Waals surface area contributed by atoms with Crippen molar-refractivity contribution in [2.24, 2.45) is 0 Å². The molecule has 1 atom stereocenters. The van der Waals surface area contributed by atoms with Gasteiger partial charge in [-0.3, -0.25) is 4.79 Å². The van der Waals surface area contributed by atoms with Gasteiger partial charge < -0.3 is 5.32 Å². The van der Waals surface area contributed by atoms with Crippen LogP contribution in [0.2, 0.25) is 0 Å². The fraction of sp³-hybridized carbons (Fsp3) is 0.357. The van der Waals surface area contributed by atoms with E-state index >= 15 is 0 Å². The van der Waals surface area contributed by atoms with Crippen LogP contribution >= 0.6 is 11.8 Å². The third kappa shape index (κ3) is 3.68. The van der Waals surface area contributed by atoms with Crippen molar-refractivity contribution < 1.29 is 18.0 Å². The Balaban J connectivity index is 2.45. The molecule has 1 heterocycles. The summed E-state index contributed by atoms with van der Waals surface area (Å²) in [6.07, 6.45) is -4.63. The lowest BCUT2D eigenvalue weighted by molar-refractivity contribution is -0.145. The number of para-hydroxylation sites is 1. The van der Waals surface area contributed by atoms with E-state index in [9.17, 15) is 18.0 Å². The highest BCUT2D eigenvalue weighted by atomic mass is 32.2. The Labute approximate surface area is 129 Å². The molecule has 2 rings (SSSR count). The fourth-order valence-electron chi connectivity index (χ4n) is 1.80. The number of fused-ring (bicyclic) bond motifs is 1. The molecule has 8 heteroatoms. The summed E-state index contributed by atoms with van der Waals surface area (Å²) in [6, 6.07) is 6.44. The highest BCUT2D eigenvalue weighted by Crippen LogP contribution is 2.33. The molecule has 1 N–H and O–H groups in total. The van der Waals surface area contributed by atoms with Crippen LogP contribution in [0, 0.1) is 0 Å². The van der Waals surface area contributed by atoms with Crippen LogP contribution in [0.1, 0.15) is 19.7 Å². The van der Waals surface area contributed by atoms with Crippen LogP contribution in [-0.2, 0) is 11.0 Å². The SMILES string of the molecule is CCNC(=O)[C@@H](C)Sc1nc(C(F)(F)F)nc2ccccc12. The predicted octanol–water partition coefficient (Wildman–Crippen LogP) is 3.27. The minimum Gasteiger partial charge on any atom is -0.355 e. The van der Waals surface area contributed by atoms with Crippen molar-refractivity contribution in [3.05, 3.63) is 30.1 Å². The first-order chi connectivity index (χ1) is 10.3. The second-order valence-corrected chi connectivity index (χ2v) is 5.85. The average Bonchev–Trinajstić information content (AvgIpc) is 2.46. The Hall–Kier alpha value is -1.83. The van der Waals surface area contributed by atoms with Crippen molar-refractivity contribution >= 4 is 28.6 Å². The van der Waals surface area contributed by atoms with Gasteiger partial charge in [0.2, 0.25) is 11.7 Å². The number of benzene rings is 1. The molecule has 1 aromatic carbocycles. The molecule has 0 aliphatic heterocycles. The molecule has 0 aliphatic rings. The lowest BCUT2D eigenvalue weighted by Gasteiger charge is -2.13. The Bertz CT molecular complexity index is 691. The molecular weight excluding hydrogens is 315 g/mol. The van der Waals surface area contributed by atoms with Crippen LogP contribution in [0.25, 0.3) is 10.9 Å². The lowest BCUT2D eigenvalue weighted by Crippen LogP contribution is -2.30. The summed E-state index contributed by atoms with van der Waals surface area (Å²) in [5.41, 5.74) is 0.204.